The van der Waals surface area contributed by atoms with Crippen molar-refractivity contribution in [1.29, 1.82) is 0 Å². The maximum Gasteiger partial charge on any atom is 0.237 e. The van der Waals surface area contributed by atoms with E-state index in [1.54, 1.807) is 26.1 Å². The third kappa shape index (κ3) is 3.43. The topological polar surface area (TPSA) is 50.4 Å². The summed E-state index contributed by atoms with van der Waals surface area (Å²) in [7, 11) is 3.12. The average molecular weight is 254 g/mol. The minimum absolute atomic E-state index is 0.124. The SMILES string of the molecule is CNC(C)C(=O)NC(C)c1ccc(OC)c(F)c1. The number of rotatable bonds is 5. The van der Waals surface area contributed by atoms with Crippen LogP contribution in [0.15, 0.2) is 18.2 Å². The van der Waals surface area contributed by atoms with Gasteiger partial charge >= 0.3 is 0 Å². The number of carbonyl (C=O) groups is 1. The molecule has 1 aromatic carbocycles. The van der Waals surface area contributed by atoms with Gasteiger partial charge in [-0.05, 0) is 38.6 Å². The molecule has 0 spiro atoms. The predicted octanol–water partition coefficient (Wildman–Crippen LogP) is 1.62. The van der Waals surface area contributed by atoms with Gasteiger partial charge in [0.2, 0.25) is 5.91 Å². The lowest BCUT2D eigenvalue weighted by Crippen LogP contribution is -2.41. The zero-order valence-electron chi connectivity index (χ0n) is 11.1. The van der Waals surface area contributed by atoms with Crippen molar-refractivity contribution in [2.45, 2.75) is 25.9 Å². The highest BCUT2D eigenvalue weighted by Crippen LogP contribution is 2.21. The Morgan fingerprint density at radius 1 is 1.39 bits per heavy atom. The van der Waals surface area contributed by atoms with Gasteiger partial charge in [-0.1, -0.05) is 6.07 Å². The van der Waals surface area contributed by atoms with Gasteiger partial charge in [0.15, 0.2) is 11.6 Å². The Labute approximate surface area is 107 Å². The number of likely N-dealkylation sites (N-methyl/N-ethyl adjacent to an activating group) is 1. The molecule has 1 amide bonds. The summed E-state index contributed by atoms with van der Waals surface area (Å²) in [5, 5.41) is 5.65. The number of carbonyl (C=O) groups excluding carboxylic acids is 1. The van der Waals surface area contributed by atoms with Gasteiger partial charge in [0.1, 0.15) is 0 Å². The van der Waals surface area contributed by atoms with Crippen LogP contribution in [-0.2, 0) is 4.79 Å². The van der Waals surface area contributed by atoms with Crippen LogP contribution in [0.4, 0.5) is 4.39 Å². The van der Waals surface area contributed by atoms with Gasteiger partial charge in [-0.3, -0.25) is 4.79 Å². The van der Waals surface area contributed by atoms with Crippen molar-refractivity contribution in [3.63, 3.8) is 0 Å². The third-order valence-corrected chi connectivity index (χ3v) is 2.86. The average Bonchev–Trinajstić information content (AvgIpc) is 2.37. The van der Waals surface area contributed by atoms with Gasteiger partial charge in [-0.15, -0.1) is 0 Å². The van der Waals surface area contributed by atoms with Gasteiger partial charge in [-0.25, -0.2) is 4.39 Å². The minimum atomic E-state index is -0.433. The number of benzene rings is 1. The molecule has 2 atom stereocenters. The van der Waals surface area contributed by atoms with E-state index in [2.05, 4.69) is 10.6 Å². The molecule has 1 rings (SSSR count). The number of halogens is 1. The summed E-state index contributed by atoms with van der Waals surface area (Å²) in [5.74, 6) is -0.361. The number of nitrogens with one attached hydrogen (secondary N) is 2. The summed E-state index contributed by atoms with van der Waals surface area (Å²) in [6.07, 6.45) is 0. The fourth-order valence-corrected chi connectivity index (χ4v) is 1.50. The van der Waals surface area contributed by atoms with Crippen LogP contribution < -0.4 is 15.4 Å². The molecule has 2 unspecified atom stereocenters. The second-order valence-electron chi connectivity index (χ2n) is 4.13. The highest BCUT2D eigenvalue weighted by atomic mass is 19.1. The van der Waals surface area contributed by atoms with Crippen LogP contribution in [0.5, 0.6) is 5.75 Å². The van der Waals surface area contributed by atoms with Crippen LogP contribution in [0.3, 0.4) is 0 Å². The molecule has 2 N–H and O–H groups in total. The normalized spacial score (nSPS) is 13.8. The van der Waals surface area contributed by atoms with Crippen LogP contribution in [0.2, 0.25) is 0 Å². The van der Waals surface area contributed by atoms with E-state index < -0.39 is 5.82 Å². The molecule has 0 saturated heterocycles. The molecule has 0 aliphatic rings. The van der Waals surface area contributed by atoms with Crippen molar-refractivity contribution in [3.05, 3.63) is 29.6 Å². The summed E-state index contributed by atoms with van der Waals surface area (Å²) in [5.41, 5.74) is 0.699. The molecule has 0 radical (unpaired) electrons. The molecule has 100 valence electrons. The van der Waals surface area contributed by atoms with Gasteiger partial charge in [0.25, 0.3) is 0 Å². The Kier molecular flexibility index (Phi) is 5.09. The largest absolute Gasteiger partial charge is 0.494 e. The summed E-state index contributed by atoms with van der Waals surface area (Å²) in [6, 6.07) is 4.11. The van der Waals surface area contributed by atoms with E-state index in [9.17, 15) is 9.18 Å². The van der Waals surface area contributed by atoms with Crippen molar-refractivity contribution in [1.82, 2.24) is 10.6 Å². The van der Waals surface area contributed by atoms with Gasteiger partial charge < -0.3 is 15.4 Å². The highest BCUT2D eigenvalue weighted by Gasteiger charge is 2.15. The van der Waals surface area contributed by atoms with Crippen molar-refractivity contribution >= 4 is 5.91 Å². The first-order valence-electron chi connectivity index (χ1n) is 5.80. The van der Waals surface area contributed by atoms with Gasteiger partial charge in [0.05, 0.1) is 19.2 Å². The molecule has 4 nitrogen and oxygen atoms in total. The lowest BCUT2D eigenvalue weighted by molar-refractivity contribution is -0.123. The number of methoxy groups -OCH3 is 1. The van der Waals surface area contributed by atoms with E-state index in [1.165, 1.54) is 13.2 Å². The molecule has 0 aliphatic carbocycles. The first kappa shape index (κ1) is 14.4. The fourth-order valence-electron chi connectivity index (χ4n) is 1.50. The van der Waals surface area contributed by atoms with Crippen LogP contribution >= 0.6 is 0 Å². The van der Waals surface area contributed by atoms with E-state index in [1.807, 2.05) is 6.92 Å². The zero-order valence-corrected chi connectivity index (χ0v) is 11.1. The quantitative estimate of drug-likeness (QED) is 0.839. The maximum absolute atomic E-state index is 13.5. The summed E-state index contributed by atoms with van der Waals surface area (Å²) >= 11 is 0. The Morgan fingerprint density at radius 2 is 2.06 bits per heavy atom. The Bertz CT molecular complexity index is 423. The molecule has 0 fully saturated rings. The first-order valence-corrected chi connectivity index (χ1v) is 5.80. The van der Waals surface area contributed by atoms with Crippen LogP contribution in [0.1, 0.15) is 25.5 Å². The van der Waals surface area contributed by atoms with E-state index in [-0.39, 0.29) is 23.7 Å². The van der Waals surface area contributed by atoms with Crippen molar-refractivity contribution in [3.8, 4) is 5.75 Å². The fraction of sp³-hybridized carbons (Fsp3) is 0.462. The molecule has 0 heterocycles. The monoisotopic (exact) mass is 254 g/mol. The maximum atomic E-state index is 13.5. The number of hydrogen-bond donors (Lipinski definition) is 2. The van der Waals surface area contributed by atoms with Crippen molar-refractivity contribution < 1.29 is 13.9 Å². The molecule has 0 aliphatic heterocycles. The summed E-state index contributed by atoms with van der Waals surface area (Å²) in [4.78, 5) is 11.7. The number of ether oxygens (including phenoxy) is 1. The van der Waals surface area contributed by atoms with Crippen LogP contribution in [0, 0.1) is 5.82 Å². The van der Waals surface area contributed by atoms with Crippen molar-refractivity contribution in [2.75, 3.05) is 14.2 Å². The van der Waals surface area contributed by atoms with Gasteiger partial charge in [0, 0.05) is 0 Å². The molecule has 0 bridgehead atoms. The Balaban J connectivity index is 2.75. The zero-order chi connectivity index (χ0) is 13.7. The lowest BCUT2D eigenvalue weighted by Gasteiger charge is -2.18. The molecule has 0 aromatic heterocycles. The van der Waals surface area contributed by atoms with E-state index in [0.29, 0.717) is 5.56 Å². The van der Waals surface area contributed by atoms with E-state index in [4.69, 9.17) is 4.74 Å². The molecular weight excluding hydrogens is 235 g/mol. The minimum Gasteiger partial charge on any atom is -0.494 e. The van der Waals surface area contributed by atoms with E-state index in [0.717, 1.165) is 0 Å². The molecule has 5 heteroatoms. The second kappa shape index (κ2) is 6.35. The predicted molar refractivity (Wildman–Crippen MR) is 68.0 cm³/mol. The third-order valence-electron chi connectivity index (χ3n) is 2.86. The standard InChI is InChI=1S/C13H19FN2O2/c1-8(16-13(17)9(2)15-3)10-5-6-12(18-4)11(14)7-10/h5-9,15H,1-4H3,(H,16,17). The molecule has 18 heavy (non-hydrogen) atoms. The van der Waals surface area contributed by atoms with Crippen molar-refractivity contribution in [2.24, 2.45) is 0 Å². The Morgan fingerprint density at radius 3 is 2.56 bits per heavy atom. The lowest BCUT2D eigenvalue weighted by atomic mass is 10.1. The molecular formula is C13H19FN2O2. The van der Waals surface area contributed by atoms with Gasteiger partial charge in [-0.2, -0.15) is 0 Å². The first-order chi connectivity index (χ1) is 8.49. The smallest absolute Gasteiger partial charge is 0.237 e. The second-order valence-corrected chi connectivity index (χ2v) is 4.13. The summed E-state index contributed by atoms with van der Waals surface area (Å²) in [6.45, 7) is 3.57. The molecule has 1 aromatic rings. The summed E-state index contributed by atoms with van der Waals surface area (Å²) < 4.78 is 18.4. The molecule has 0 saturated carbocycles. The highest BCUT2D eigenvalue weighted by molar-refractivity contribution is 5.81. The number of hydrogen-bond acceptors (Lipinski definition) is 3. The Hall–Kier alpha value is -1.62. The van der Waals surface area contributed by atoms with Crippen LogP contribution in [0.25, 0.3) is 0 Å². The number of amides is 1. The van der Waals surface area contributed by atoms with E-state index >= 15 is 0 Å². The van der Waals surface area contributed by atoms with Crippen LogP contribution in [-0.4, -0.2) is 26.1 Å².